The van der Waals surface area contributed by atoms with Gasteiger partial charge in [-0.1, -0.05) is 67.9 Å². The van der Waals surface area contributed by atoms with Crippen LogP contribution in [0.4, 0.5) is 11.4 Å². The van der Waals surface area contributed by atoms with Crippen LogP contribution in [0.3, 0.4) is 0 Å². The number of benzene rings is 4. The second-order valence-corrected chi connectivity index (χ2v) is 15.3. The standard InChI is InChI=1S/C19H15NOSi.C16H7NO.CH4O.Na.H2O/c1-20-14-6-8-16-15-7-5-13(9-10-22(2,3)4)11-17(15)19(21)18(16)12-14;1-3-10-4-6-12-13-7-5-11(17-2)9-15(13)16(18)14(12)8-10;1-2;;/h5-8,11-12H,2-4H3;1,4-9H;2H,1H3;;1H2/q;;;+1;/p-1. The molecule has 210 valence electrons. The van der Waals surface area contributed by atoms with Crippen LogP contribution < -0.4 is 29.6 Å². The van der Waals surface area contributed by atoms with Crippen LogP contribution in [0.15, 0.2) is 72.8 Å². The third-order valence-corrected chi connectivity index (χ3v) is 7.49. The quantitative estimate of drug-likeness (QED) is 0.157. The van der Waals surface area contributed by atoms with Gasteiger partial charge in [0.2, 0.25) is 0 Å². The summed E-state index contributed by atoms with van der Waals surface area (Å²) >= 11 is 0. The van der Waals surface area contributed by atoms with Gasteiger partial charge < -0.3 is 10.6 Å². The number of rotatable bonds is 0. The molecule has 0 saturated heterocycles. The molecule has 0 spiro atoms. The fraction of sp³-hybridized carbons (Fsp3) is 0.111. The van der Waals surface area contributed by atoms with E-state index in [1.807, 2.05) is 42.5 Å². The summed E-state index contributed by atoms with van der Waals surface area (Å²) in [5, 5.41) is 7.00. The van der Waals surface area contributed by atoms with Gasteiger partial charge in [-0.05, 0) is 58.7 Å². The summed E-state index contributed by atoms with van der Waals surface area (Å²) in [7, 11) is -0.438. The summed E-state index contributed by atoms with van der Waals surface area (Å²) in [6.45, 7) is 20.6. The number of carbonyl (C=O) groups is 2. The third-order valence-electron chi connectivity index (χ3n) is 6.61. The Labute approximate surface area is 281 Å². The predicted octanol–water partition coefficient (Wildman–Crippen LogP) is 4.54. The predicted molar refractivity (Wildman–Crippen MR) is 171 cm³/mol. The van der Waals surface area contributed by atoms with Gasteiger partial charge in [-0.3, -0.25) is 9.59 Å². The molecule has 0 saturated carbocycles. The van der Waals surface area contributed by atoms with Gasteiger partial charge in [0.15, 0.2) is 22.9 Å². The number of hydrogen-bond acceptors (Lipinski definition) is 4. The number of aliphatic hydroxyl groups is 1. The number of ketones is 2. The second kappa shape index (κ2) is 14.8. The largest absolute Gasteiger partial charge is 1.00 e. The van der Waals surface area contributed by atoms with Crippen molar-refractivity contribution in [1.82, 2.24) is 0 Å². The zero-order chi connectivity index (χ0) is 30.6. The van der Waals surface area contributed by atoms with Gasteiger partial charge in [0.05, 0.1) is 13.1 Å². The van der Waals surface area contributed by atoms with E-state index in [-0.39, 0.29) is 46.6 Å². The van der Waals surface area contributed by atoms with Gasteiger partial charge in [0.25, 0.3) is 0 Å². The van der Waals surface area contributed by atoms with Crippen molar-refractivity contribution in [3.8, 4) is 46.1 Å². The van der Waals surface area contributed by atoms with Crippen LogP contribution in [-0.2, 0) is 0 Å². The first-order chi connectivity index (χ1) is 20.1. The van der Waals surface area contributed by atoms with E-state index in [0.717, 1.165) is 34.9 Å². The summed E-state index contributed by atoms with van der Waals surface area (Å²) in [6.07, 6.45) is 5.34. The van der Waals surface area contributed by atoms with Crippen molar-refractivity contribution >= 4 is 31.0 Å². The Morgan fingerprint density at radius 3 is 1.39 bits per heavy atom. The van der Waals surface area contributed by atoms with E-state index in [2.05, 4.69) is 46.7 Å². The molecule has 4 aromatic rings. The molecular weight excluding hydrogens is 575 g/mol. The molecule has 0 heterocycles. The Morgan fingerprint density at radius 2 is 1.00 bits per heavy atom. The minimum absolute atomic E-state index is 0. The number of terminal acetylenes is 1. The molecule has 0 radical (unpaired) electrons. The van der Waals surface area contributed by atoms with Crippen molar-refractivity contribution in [2.75, 3.05) is 7.11 Å². The Kier molecular flexibility index (Phi) is 12.0. The Hall–Kier alpha value is -4.54. The average Bonchev–Trinajstić information content (AvgIpc) is 3.46. The zero-order valence-electron chi connectivity index (χ0n) is 25.1. The summed E-state index contributed by atoms with van der Waals surface area (Å²) in [5.41, 5.74) is 12.0. The number of hydrogen-bond donors (Lipinski definition) is 1. The fourth-order valence-corrected chi connectivity index (χ4v) is 5.22. The maximum atomic E-state index is 12.6. The molecule has 0 aromatic heterocycles. The molecule has 2 aliphatic rings. The van der Waals surface area contributed by atoms with Gasteiger partial charge in [-0.25, -0.2) is 9.69 Å². The van der Waals surface area contributed by atoms with Crippen LogP contribution in [0.25, 0.3) is 31.9 Å². The van der Waals surface area contributed by atoms with E-state index in [4.69, 9.17) is 24.7 Å². The smallest absolute Gasteiger partial charge is 0.870 e. The van der Waals surface area contributed by atoms with E-state index in [9.17, 15) is 9.59 Å². The Balaban J connectivity index is 0.000000283. The van der Waals surface area contributed by atoms with Gasteiger partial charge in [-0.2, -0.15) is 0 Å². The first kappa shape index (κ1) is 35.7. The Morgan fingerprint density at radius 1 is 0.636 bits per heavy atom. The zero-order valence-corrected chi connectivity index (χ0v) is 28.1. The van der Waals surface area contributed by atoms with E-state index in [1.54, 1.807) is 30.3 Å². The van der Waals surface area contributed by atoms with Crippen molar-refractivity contribution in [2.45, 2.75) is 19.6 Å². The molecule has 4 aromatic carbocycles. The molecule has 0 aliphatic heterocycles. The number of aliphatic hydroxyl groups excluding tert-OH is 1. The fourth-order valence-electron chi connectivity index (χ4n) is 4.70. The molecule has 0 fully saturated rings. The molecule has 0 atom stereocenters. The molecule has 0 unspecified atom stereocenters. The topological polar surface area (TPSA) is 93.1 Å². The van der Waals surface area contributed by atoms with E-state index >= 15 is 0 Å². The summed E-state index contributed by atoms with van der Waals surface area (Å²) in [4.78, 5) is 31.6. The second-order valence-electron chi connectivity index (χ2n) is 10.5. The molecule has 6 nitrogen and oxygen atoms in total. The van der Waals surface area contributed by atoms with Crippen molar-refractivity contribution in [1.29, 1.82) is 0 Å². The third kappa shape index (κ3) is 7.15. The van der Waals surface area contributed by atoms with Gasteiger partial charge in [0.1, 0.15) is 8.07 Å². The van der Waals surface area contributed by atoms with Gasteiger partial charge >= 0.3 is 29.6 Å². The molecule has 44 heavy (non-hydrogen) atoms. The van der Waals surface area contributed by atoms with Crippen LogP contribution in [0.5, 0.6) is 0 Å². The van der Waals surface area contributed by atoms with Crippen LogP contribution >= 0.6 is 0 Å². The summed E-state index contributed by atoms with van der Waals surface area (Å²) in [6, 6.07) is 21.7. The van der Waals surface area contributed by atoms with Gasteiger partial charge in [0, 0.05) is 40.5 Å². The number of nitrogens with zero attached hydrogens (tertiary/aromatic N) is 2. The Bertz CT molecular complexity index is 1910. The molecular formula is C36H27N2NaO4Si. The molecule has 8 heteroatoms. The van der Waals surface area contributed by atoms with Crippen LogP contribution in [-0.4, -0.2) is 37.3 Å². The molecule has 6 rings (SSSR count). The number of fused-ring (bicyclic) bond motifs is 6. The minimum atomic E-state index is -1.44. The van der Waals surface area contributed by atoms with Gasteiger partial charge in [-0.15, -0.1) is 12.0 Å². The first-order valence-electron chi connectivity index (χ1n) is 13.0. The molecule has 0 bridgehead atoms. The first-order valence-corrected chi connectivity index (χ1v) is 16.5. The van der Waals surface area contributed by atoms with Crippen molar-refractivity contribution < 1.29 is 49.7 Å². The van der Waals surface area contributed by atoms with E-state index in [1.165, 1.54) is 0 Å². The SMILES string of the molecule is CO.[C-]#[N+]c1ccc2c(c1)C(=O)c1cc(C#C)ccc1-2.[C-]#[N+]c1ccc2c(c1)C(=O)c1cc(C#C[Si](C)(C)C)ccc1-2.[Na+].[OH-]. The van der Waals surface area contributed by atoms with Crippen LogP contribution in [0, 0.1) is 37.0 Å². The maximum Gasteiger partial charge on any atom is 1.00 e. The van der Waals surface area contributed by atoms with E-state index in [0.29, 0.717) is 39.2 Å². The number of carbonyl (C=O) groups excluding carboxylic acids is 2. The average molecular weight is 603 g/mol. The molecule has 2 aliphatic carbocycles. The minimum Gasteiger partial charge on any atom is -0.870 e. The maximum absolute atomic E-state index is 12.6. The van der Waals surface area contributed by atoms with Crippen LogP contribution in [0.2, 0.25) is 19.6 Å². The van der Waals surface area contributed by atoms with Crippen LogP contribution in [0.1, 0.15) is 43.0 Å². The van der Waals surface area contributed by atoms with Crippen molar-refractivity contribution in [2.24, 2.45) is 0 Å². The summed E-state index contributed by atoms with van der Waals surface area (Å²) in [5.74, 6) is 5.66. The van der Waals surface area contributed by atoms with E-state index < -0.39 is 8.07 Å². The normalized spacial score (nSPS) is 10.8. The summed E-state index contributed by atoms with van der Waals surface area (Å²) < 4.78 is 0. The molecule has 2 N–H and O–H groups in total. The van der Waals surface area contributed by atoms with Crippen molar-refractivity contribution in [3.63, 3.8) is 0 Å². The molecule has 0 amide bonds. The van der Waals surface area contributed by atoms with Crippen molar-refractivity contribution in [3.05, 3.63) is 129 Å². The monoisotopic (exact) mass is 602 g/mol.